The molecule has 1 heterocycles. The Bertz CT molecular complexity index is 506. The van der Waals surface area contributed by atoms with Crippen molar-refractivity contribution in [2.24, 2.45) is 0 Å². The maximum absolute atomic E-state index is 11.1. The van der Waals surface area contributed by atoms with Crippen LogP contribution in [0.15, 0.2) is 54.9 Å². The molecule has 3 heteroatoms. The number of benzene rings is 1. The average Bonchev–Trinajstić information content (AvgIpc) is 2.42. The second kappa shape index (κ2) is 5.96. The van der Waals surface area contributed by atoms with Crippen molar-refractivity contribution in [3.63, 3.8) is 0 Å². The fraction of sp³-hybridized carbons (Fsp3) is 0.200. The Kier molecular flexibility index (Phi) is 4.07. The largest absolute Gasteiger partial charge is 0.464 e. The van der Waals surface area contributed by atoms with Gasteiger partial charge in [-0.3, -0.25) is 0 Å². The molecule has 0 amide bonds. The van der Waals surface area contributed by atoms with Gasteiger partial charge in [-0.25, -0.2) is 4.79 Å². The molecule has 0 aliphatic heterocycles. The van der Waals surface area contributed by atoms with Crippen molar-refractivity contribution in [1.82, 2.24) is 0 Å². The molecule has 0 N–H and O–H groups in total. The van der Waals surface area contributed by atoms with E-state index in [2.05, 4.69) is 16.9 Å². The predicted molar refractivity (Wildman–Crippen MR) is 67.9 cm³/mol. The van der Waals surface area contributed by atoms with Crippen LogP contribution in [0, 0.1) is 0 Å². The van der Waals surface area contributed by atoms with Gasteiger partial charge in [0.05, 0.1) is 7.11 Å². The molecular weight excluding hydrogens is 226 g/mol. The number of nitrogens with zero attached hydrogens (tertiary/aromatic N) is 1. The first-order chi connectivity index (χ1) is 8.78. The van der Waals surface area contributed by atoms with E-state index >= 15 is 0 Å². The summed E-state index contributed by atoms with van der Waals surface area (Å²) in [7, 11) is 1.40. The summed E-state index contributed by atoms with van der Waals surface area (Å²) in [5.74, 6) is -0.240. The number of hydrogen-bond acceptors (Lipinski definition) is 2. The van der Waals surface area contributed by atoms with E-state index in [0.29, 0.717) is 0 Å². The molecule has 2 rings (SSSR count). The van der Waals surface area contributed by atoms with Crippen LogP contribution in [-0.4, -0.2) is 13.1 Å². The van der Waals surface area contributed by atoms with E-state index in [0.717, 1.165) is 6.42 Å². The van der Waals surface area contributed by atoms with Gasteiger partial charge >= 0.3 is 5.97 Å². The van der Waals surface area contributed by atoms with Crippen LogP contribution in [0.4, 0.5) is 0 Å². The lowest BCUT2D eigenvalue weighted by molar-refractivity contribution is -0.685. The molecule has 0 fully saturated rings. The lowest BCUT2D eigenvalue weighted by Crippen LogP contribution is -2.37. The number of carbonyl (C=O) groups is 1. The molecule has 1 aromatic heterocycles. The predicted octanol–water partition coefficient (Wildman–Crippen LogP) is 1.74. The van der Waals surface area contributed by atoms with Crippen LogP contribution in [0.25, 0.3) is 0 Å². The first-order valence-electron chi connectivity index (χ1n) is 5.86. The Balaban J connectivity index is 2.02. The number of ether oxygens (including phenoxy) is 1. The summed E-state index contributed by atoms with van der Waals surface area (Å²) < 4.78 is 6.43. The first kappa shape index (κ1) is 12.3. The highest BCUT2D eigenvalue weighted by Gasteiger charge is 2.08. The minimum atomic E-state index is -0.240. The normalized spacial score (nSPS) is 10.1. The summed E-state index contributed by atoms with van der Waals surface area (Å²) in [4.78, 5) is 11.1. The third-order valence-corrected chi connectivity index (χ3v) is 2.75. The van der Waals surface area contributed by atoms with Gasteiger partial charge in [0.25, 0.3) is 0 Å². The quantitative estimate of drug-likeness (QED) is 0.604. The van der Waals surface area contributed by atoms with Crippen LogP contribution in [0.1, 0.15) is 11.1 Å². The molecule has 0 aliphatic rings. The summed E-state index contributed by atoms with van der Waals surface area (Å²) in [5, 5.41) is 0. The molecule has 0 bridgehead atoms. The molecule has 18 heavy (non-hydrogen) atoms. The Labute approximate surface area is 107 Å². The fourth-order valence-corrected chi connectivity index (χ4v) is 1.76. The smallest absolute Gasteiger partial charge is 0.372 e. The highest BCUT2D eigenvalue weighted by Crippen LogP contribution is 2.07. The molecular formula is C15H16NO2+. The van der Waals surface area contributed by atoms with Crippen molar-refractivity contribution < 1.29 is 14.1 Å². The van der Waals surface area contributed by atoms with E-state index in [1.807, 2.05) is 42.7 Å². The third-order valence-electron chi connectivity index (χ3n) is 2.75. The van der Waals surface area contributed by atoms with Crippen LogP contribution < -0.4 is 4.57 Å². The van der Waals surface area contributed by atoms with Gasteiger partial charge < -0.3 is 4.74 Å². The zero-order valence-electron chi connectivity index (χ0n) is 10.4. The van der Waals surface area contributed by atoms with Gasteiger partial charge in [0, 0.05) is 12.1 Å². The lowest BCUT2D eigenvalue weighted by Gasteiger charge is -2.01. The van der Waals surface area contributed by atoms with Crippen molar-refractivity contribution in [1.29, 1.82) is 0 Å². The van der Waals surface area contributed by atoms with Crippen LogP contribution in [0.5, 0.6) is 0 Å². The van der Waals surface area contributed by atoms with Crippen LogP contribution in [0.2, 0.25) is 0 Å². The number of carbonyl (C=O) groups excluding carboxylic acids is 1. The van der Waals surface area contributed by atoms with Gasteiger partial charge in [-0.05, 0) is 17.5 Å². The van der Waals surface area contributed by atoms with Crippen LogP contribution >= 0.6 is 0 Å². The molecule has 0 unspecified atom stereocenters. The van der Waals surface area contributed by atoms with Gasteiger partial charge in [-0.2, -0.15) is 4.57 Å². The minimum Gasteiger partial charge on any atom is -0.464 e. The Hall–Kier alpha value is -2.16. The molecule has 0 saturated heterocycles. The van der Waals surface area contributed by atoms with Gasteiger partial charge in [0.2, 0.25) is 6.54 Å². The fourth-order valence-electron chi connectivity index (χ4n) is 1.76. The molecule has 92 valence electrons. The monoisotopic (exact) mass is 242 g/mol. The SMILES string of the molecule is COC(=O)C[n+]1ccc(Cc2ccccc2)cc1. The molecule has 0 spiro atoms. The molecule has 0 atom stereocenters. The summed E-state index contributed by atoms with van der Waals surface area (Å²) >= 11 is 0. The molecule has 0 saturated carbocycles. The molecule has 2 aromatic rings. The number of rotatable bonds is 4. The van der Waals surface area contributed by atoms with E-state index < -0.39 is 0 Å². The second-order valence-corrected chi connectivity index (χ2v) is 4.12. The van der Waals surface area contributed by atoms with Gasteiger partial charge in [-0.1, -0.05) is 30.3 Å². The first-order valence-corrected chi connectivity index (χ1v) is 5.86. The standard InChI is InChI=1S/C15H16NO2/c1-18-15(17)12-16-9-7-14(8-10-16)11-13-5-3-2-4-6-13/h2-10H,11-12H2,1H3/q+1. The summed E-state index contributed by atoms with van der Waals surface area (Å²) in [6, 6.07) is 14.3. The van der Waals surface area contributed by atoms with Gasteiger partial charge in [-0.15, -0.1) is 0 Å². The van der Waals surface area contributed by atoms with Crippen molar-refractivity contribution in [3.05, 3.63) is 66.0 Å². The topological polar surface area (TPSA) is 30.2 Å². The lowest BCUT2D eigenvalue weighted by atomic mass is 10.1. The Morgan fingerprint density at radius 3 is 2.28 bits per heavy atom. The average molecular weight is 242 g/mol. The maximum Gasteiger partial charge on any atom is 0.372 e. The van der Waals surface area contributed by atoms with Gasteiger partial charge in [0.15, 0.2) is 12.4 Å². The highest BCUT2D eigenvalue weighted by molar-refractivity contribution is 5.67. The second-order valence-electron chi connectivity index (χ2n) is 4.12. The van der Waals surface area contributed by atoms with Crippen LogP contribution in [-0.2, 0) is 22.5 Å². The molecule has 1 aromatic carbocycles. The Morgan fingerprint density at radius 2 is 1.67 bits per heavy atom. The van der Waals surface area contributed by atoms with E-state index in [-0.39, 0.29) is 12.5 Å². The number of hydrogen-bond donors (Lipinski definition) is 0. The van der Waals surface area contributed by atoms with Crippen molar-refractivity contribution in [3.8, 4) is 0 Å². The molecule has 3 nitrogen and oxygen atoms in total. The van der Waals surface area contributed by atoms with Crippen molar-refractivity contribution >= 4 is 5.97 Å². The number of pyridine rings is 1. The van der Waals surface area contributed by atoms with Crippen molar-refractivity contribution in [2.45, 2.75) is 13.0 Å². The number of methoxy groups -OCH3 is 1. The van der Waals surface area contributed by atoms with E-state index in [4.69, 9.17) is 0 Å². The number of esters is 1. The third kappa shape index (κ3) is 3.42. The summed E-state index contributed by atoms with van der Waals surface area (Å²) in [6.07, 6.45) is 4.70. The van der Waals surface area contributed by atoms with E-state index in [1.165, 1.54) is 18.2 Å². The van der Waals surface area contributed by atoms with Crippen molar-refractivity contribution in [2.75, 3.05) is 7.11 Å². The maximum atomic E-state index is 11.1. The zero-order chi connectivity index (χ0) is 12.8. The van der Waals surface area contributed by atoms with E-state index in [1.54, 1.807) is 4.57 Å². The molecule has 0 radical (unpaired) electrons. The van der Waals surface area contributed by atoms with E-state index in [9.17, 15) is 4.79 Å². The summed E-state index contributed by atoms with van der Waals surface area (Å²) in [5.41, 5.74) is 2.51. The zero-order valence-corrected chi connectivity index (χ0v) is 10.4. The number of aromatic nitrogens is 1. The minimum absolute atomic E-state index is 0.240. The Morgan fingerprint density at radius 1 is 1.06 bits per heavy atom. The molecule has 0 aliphatic carbocycles. The summed E-state index contributed by atoms with van der Waals surface area (Å²) in [6.45, 7) is 0.252. The highest BCUT2D eigenvalue weighted by atomic mass is 16.5. The van der Waals surface area contributed by atoms with Gasteiger partial charge in [0.1, 0.15) is 0 Å². The van der Waals surface area contributed by atoms with Crippen LogP contribution in [0.3, 0.4) is 0 Å².